The van der Waals surface area contributed by atoms with E-state index in [0.29, 0.717) is 31.2 Å². The molecule has 3 saturated heterocycles. The Hall–Kier alpha value is -3.06. The van der Waals surface area contributed by atoms with Crippen LogP contribution in [0.15, 0.2) is 55.6 Å². The summed E-state index contributed by atoms with van der Waals surface area (Å²) in [5, 5.41) is 13.5. The lowest BCUT2D eigenvalue weighted by Crippen LogP contribution is -2.62. The zero-order chi connectivity index (χ0) is 38.6. The molecule has 0 saturated carbocycles. The van der Waals surface area contributed by atoms with Crippen molar-refractivity contribution >= 4 is 39.6 Å². The molecule has 1 aromatic rings. The van der Waals surface area contributed by atoms with Crippen LogP contribution in [0.2, 0.25) is 0 Å². The van der Waals surface area contributed by atoms with E-state index in [4.69, 9.17) is 14.2 Å². The highest BCUT2D eigenvalue weighted by molar-refractivity contribution is 9.09. The average molecular weight is 789 g/mol. The smallest absolute Gasteiger partial charge is 0.313 e. The number of hydrogen-bond acceptors (Lipinski definition) is 8. The predicted molar refractivity (Wildman–Crippen MR) is 202 cm³/mol. The number of rotatable bonds is 18. The van der Waals surface area contributed by atoms with Crippen LogP contribution in [0.4, 0.5) is 0 Å². The van der Waals surface area contributed by atoms with Crippen LogP contribution in [0.5, 0.6) is 0 Å². The largest absolute Gasteiger partial charge is 0.455 e. The number of benzene rings is 1. The highest BCUT2D eigenvalue weighted by Gasteiger charge is 2.78. The Kier molecular flexibility index (Phi) is 13.6. The van der Waals surface area contributed by atoms with Gasteiger partial charge in [0.15, 0.2) is 0 Å². The van der Waals surface area contributed by atoms with Gasteiger partial charge in [-0.2, -0.15) is 0 Å². The van der Waals surface area contributed by atoms with Crippen LogP contribution in [0.3, 0.4) is 0 Å². The number of aliphatic hydroxyl groups excluding tert-OH is 1. The van der Waals surface area contributed by atoms with Crippen LogP contribution in [0, 0.1) is 17.3 Å². The van der Waals surface area contributed by atoms with Crippen LogP contribution in [-0.2, 0) is 33.4 Å². The first-order valence-corrected chi connectivity index (χ1v) is 19.2. The Morgan fingerprint density at radius 1 is 1.17 bits per heavy atom. The first-order valence-electron chi connectivity index (χ1n) is 18.3. The van der Waals surface area contributed by atoms with Gasteiger partial charge in [0.25, 0.3) is 0 Å². The summed E-state index contributed by atoms with van der Waals surface area (Å²) in [7, 11) is 1.50. The number of amides is 3. The number of nitrogens with one attached hydrogen (secondary N) is 1. The van der Waals surface area contributed by atoms with Gasteiger partial charge in [-0.05, 0) is 50.5 Å². The lowest BCUT2D eigenvalue weighted by molar-refractivity contribution is -0.163. The monoisotopic (exact) mass is 787 g/mol. The summed E-state index contributed by atoms with van der Waals surface area (Å²) in [5.41, 5.74) is -1.47. The van der Waals surface area contributed by atoms with Crippen molar-refractivity contribution in [1.29, 1.82) is 0 Å². The maximum atomic E-state index is 15.1. The van der Waals surface area contributed by atoms with Gasteiger partial charge in [0.1, 0.15) is 17.7 Å². The van der Waals surface area contributed by atoms with Gasteiger partial charge < -0.3 is 34.4 Å². The van der Waals surface area contributed by atoms with Gasteiger partial charge in [0, 0.05) is 30.4 Å². The summed E-state index contributed by atoms with van der Waals surface area (Å²) in [6.07, 6.45) is 3.65. The van der Waals surface area contributed by atoms with Crippen molar-refractivity contribution in [2.75, 3.05) is 26.9 Å². The molecule has 3 heterocycles. The number of methoxy groups -OCH3 is 1. The molecule has 52 heavy (non-hydrogen) atoms. The van der Waals surface area contributed by atoms with Gasteiger partial charge in [0.05, 0.1) is 43.2 Å². The van der Waals surface area contributed by atoms with Crippen molar-refractivity contribution in [2.45, 2.75) is 120 Å². The summed E-state index contributed by atoms with van der Waals surface area (Å²) in [6.45, 7) is 19.8. The quantitative estimate of drug-likeness (QED) is 0.119. The number of hydrogen-bond donors (Lipinski definition) is 2. The summed E-state index contributed by atoms with van der Waals surface area (Å²) < 4.78 is 18.6. The number of nitrogens with zero attached hydrogens (tertiary/aromatic N) is 2. The molecular formula is C40H58BrN3O8. The minimum Gasteiger partial charge on any atom is -0.455 e. The number of esters is 1. The highest BCUT2D eigenvalue weighted by Crippen LogP contribution is 2.61. The van der Waals surface area contributed by atoms with Crippen molar-refractivity contribution in [3.63, 3.8) is 0 Å². The Bertz CT molecular complexity index is 1460. The summed E-state index contributed by atoms with van der Waals surface area (Å²) in [4.78, 5) is 60.3. The van der Waals surface area contributed by atoms with Crippen LogP contribution in [-0.4, -0.2) is 106 Å². The first kappa shape index (κ1) is 41.7. The van der Waals surface area contributed by atoms with E-state index in [1.54, 1.807) is 29.2 Å². The van der Waals surface area contributed by atoms with E-state index >= 15 is 4.79 Å². The molecular weight excluding hydrogens is 730 g/mol. The summed E-state index contributed by atoms with van der Waals surface area (Å²) in [6, 6.07) is 6.55. The molecule has 2 bridgehead atoms. The minimum atomic E-state index is -1.36. The minimum absolute atomic E-state index is 0.0488. The molecule has 12 heteroatoms. The highest BCUT2D eigenvalue weighted by atomic mass is 79.9. The predicted octanol–water partition coefficient (Wildman–Crippen LogP) is 5.12. The molecule has 1 unspecified atom stereocenters. The van der Waals surface area contributed by atoms with Gasteiger partial charge in [-0.15, -0.1) is 13.2 Å². The second-order valence-corrected chi connectivity index (χ2v) is 17.3. The van der Waals surface area contributed by atoms with E-state index in [9.17, 15) is 19.5 Å². The topological polar surface area (TPSA) is 135 Å². The van der Waals surface area contributed by atoms with Crippen molar-refractivity contribution in [1.82, 2.24) is 15.1 Å². The molecule has 3 aliphatic rings. The molecule has 3 aliphatic heterocycles. The molecule has 0 radical (unpaired) electrons. The van der Waals surface area contributed by atoms with Crippen LogP contribution >= 0.6 is 15.9 Å². The fourth-order valence-corrected chi connectivity index (χ4v) is 9.80. The third-order valence-electron chi connectivity index (χ3n) is 10.6. The molecule has 0 aliphatic carbocycles. The fourth-order valence-electron chi connectivity index (χ4n) is 8.85. The van der Waals surface area contributed by atoms with Gasteiger partial charge in [0.2, 0.25) is 17.7 Å². The molecule has 4 rings (SSSR count). The van der Waals surface area contributed by atoms with E-state index in [0.717, 1.165) is 0 Å². The molecule has 1 aromatic carbocycles. The lowest BCUT2D eigenvalue weighted by Gasteiger charge is -2.46. The first-order chi connectivity index (χ1) is 24.5. The van der Waals surface area contributed by atoms with E-state index in [2.05, 4.69) is 55.2 Å². The zero-order valence-electron chi connectivity index (χ0n) is 31.8. The Labute approximate surface area is 317 Å². The molecule has 11 nitrogen and oxygen atoms in total. The number of carbonyl (C=O) groups is 4. The number of likely N-dealkylation sites (tertiary alicyclic amines) is 1. The van der Waals surface area contributed by atoms with Crippen molar-refractivity contribution in [3.05, 3.63) is 61.2 Å². The van der Waals surface area contributed by atoms with E-state index < -0.39 is 65.2 Å². The van der Waals surface area contributed by atoms with Crippen molar-refractivity contribution in [3.8, 4) is 0 Å². The molecule has 2 N–H and O–H groups in total. The number of fused-ring (bicyclic) bond motifs is 1. The molecule has 3 amide bonds. The Morgan fingerprint density at radius 3 is 2.40 bits per heavy atom. The molecule has 3 fully saturated rings. The normalized spacial score (nSPS) is 27.1. The van der Waals surface area contributed by atoms with E-state index in [1.807, 2.05) is 39.0 Å². The third-order valence-corrected chi connectivity index (χ3v) is 11.4. The van der Waals surface area contributed by atoms with Gasteiger partial charge in [-0.3, -0.25) is 19.2 Å². The van der Waals surface area contributed by atoms with Gasteiger partial charge >= 0.3 is 5.97 Å². The van der Waals surface area contributed by atoms with Crippen LogP contribution in [0.25, 0.3) is 0 Å². The molecule has 1 spiro atoms. The summed E-state index contributed by atoms with van der Waals surface area (Å²) in [5.74, 6) is -3.76. The standard InChI is InChI=1S/C40H58BrN3O8/c1-10-13-19-29(46)42-28(23-50-9)32(25-17-15-14-16-18-25)51-37(49)30-31-35(47)44(26(12-3)22-45)34(40(31)21-27(41)33(30)52-40)36(48)43(20-11-2)39(7,8)24-38(4,5)6/h10-11,14-18,26-28,30-34,45H,1-2,12-13,19-24H2,3-9H3,(H,42,46)/t26-,27?,28+,30-,31+,32+,33-,34-,40+/m0/s1. The molecule has 288 valence electrons. The van der Waals surface area contributed by atoms with Crippen molar-refractivity contribution in [2.24, 2.45) is 17.3 Å². The summed E-state index contributed by atoms with van der Waals surface area (Å²) >= 11 is 3.75. The number of ether oxygens (including phenoxy) is 3. The maximum Gasteiger partial charge on any atom is 0.313 e. The van der Waals surface area contributed by atoms with Crippen LogP contribution < -0.4 is 5.32 Å². The second kappa shape index (κ2) is 17.0. The number of aliphatic hydroxyl groups is 1. The van der Waals surface area contributed by atoms with Gasteiger partial charge in [-0.25, -0.2) is 0 Å². The SMILES string of the molecule is C=CCCC(=O)N[C@H](COC)[C@H](OC(=O)[C@@H]1[C@H]2O[C@@]3(CC2Br)[C@H](C(=O)N(CC=C)C(C)(C)CC(C)(C)C)N([C@@H](CC)CO)C(=O)[C@@H]13)c1ccccc1. The van der Waals surface area contributed by atoms with Crippen LogP contribution in [0.1, 0.15) is 85.3 Å². The Balaban J connectivity index is 1.78. The van der Waals surface area contributed by atoms with E-state index in [-0.39, 0.29) is 48.2 Å². The number of alkyl halides is 1. The third kappa shape index (κ3) is 8.35. The lowest BCUT2D eigenvalue weighted by atomic mass is 9.70. The number of halogens is 1. The van der Waals surface area contributed by atoms with E-state index in [1.165, 1.54) is 12.0 Å². The number of carbonyl (C=O) groups excluding carboxylic acids is 4. The van der Waals surface area contributed by atoms with Crippen molar-refractivity contribution < 1.29 is 38.5 Å². The average Bonchev–Trinajstić information content (AvgIpc) is 3.67. The Morgan fingerprint density at radius 2 is 1.85 bits per heavy atom. The molecule has 9 atom stereocenters. The maximum absolute atomic E-state index is 15.1. The number of allylic oxidation sites excluding steroid dienone is 1. The zero-order valence-corrected chi connectivity index (χ0v) is 33.4. The molecule has 0 aromatic heterocycles. The fraction of sp³-hybridized carbons (Fsp3) is 0.650. The second-order valence-electron chi connectivity index (χ2n) is 16.2. The van der Waals surface area contributed by atoms with Gasteiger partial charge in [-0.1, -0.05) is 86.1 Å².